The summed E-state index contributed by atoms with van der Waals surface area (Å²) in [6.07, 6.45) is 0. The minimum atomic E-state index is 0.117. The van der Waals surface area contributed by atoms with Crippen molar-refractivity contribution in [2.24, 2.45) is 11.8 Å². The number of rotatable bonds is 3. The minimum absolute atomic E-state index is 0.117. The Balaban J connectivity index is 1.92. The summed E-state index contributed by atoms with van der Waals surface area (Å²) in [6, 6.07) is 2.18. The van der Waals surface area contributed by atoms with Gasteiger partial charge in [0.05, 0.1) is 12.0 Å². The zero-order valence-corrected chi connectivity index (χ0v) is 10.5. The predicted octanol–water partition coefficient (Wildman–Crippen LogP) is 1.78. The van der Waals surface area contributed by atoms with Crippen LogP contribution in [0, 0.1) is 11.8 Å². The molecule has 2 N–H and O–H groups in total. The lowest BCUT2D eigenvalue weighted by atomic mass is 9.97. The molecule has 0 spiro atoms. The zero-order valence-electron chi connectivity index (χ0n) is 9.69. The maximum absolute atomic E-state index is 12.0. The third-order valence-electron chi connectivity index (χ3n) is 3.26. The van der Waals surface area contributed by atoms with Gasteiger partial charge in [0.2, 0.25) is 5.91 Å². The third kappa shape index (κ3) is 2.44. The monoisotopic (exact) mass is 238 g/mol. The Morgan fingerprint density at radius 1 is 1.62 bits per heavy atom. The molecule has 1 saturated heterocycles. The number of hydrogen-bond donors (Lipinski definition) is 2. The van der Waals surface area contributed by atoms with Gasteiger partial charge in [0.15, 0.2) is 0 Å². The van der Waals surface area contributed by atoms with Gasteiger partial charge in [-0.05, 0) is 41.8 Å². The highest BCUT2D eigenvalue weighted by Gasteiger charge is 2.30. The molecule has 88 valence electrons. The highest BCUT2D eigenvalue weighted by molar-refractivity contribution is 7.07. The molecule has 2 rings (SSSR count). The van der Waals surface area contributed by atoms with E-state index in [1.165, 1.54) is 5.56 Å². The van der Waals surface area contributed by atoms with Gasteiger partial charge in [0.1, 0.15) is 0 Å². The molecule has 0 aliphatic carbocycles. The van der Waals surface area contributed by atoms with E-state index in [2.05, 4.69) is 29.0 Å². The molecule has 0 radical (unpaired) electrons. The van der Waals surface area contributed by atoms with Crippen molar-refractivity contribution in [1.29, 1.82) is 0 Å². The second-order valence-corrected chi connectivity index (χ2v) is 5.31. The molecule has 1 aliphatic rings. The highest BCUT2D eigenvalue weighted by atomic mass is 32.1. The Morgan fingerprint density at radius 2 is 2.44 bits per heavy atom. The smallest absolute Gasteiger partial charge is 0.225 e. The van der Waals surface area contributed by atoms with Crippen molar-refractivity contribution in [3.8, 4) is 0 Å². The van der Waals surface area contributed by atoms with E-state index in [0.717, 1.165) is 13.1 Å². The first-order valence-corrected chi connectivity index (χ1v) is 6.66. The van der Waals surface area contributed by atoms with Crippen LogP contribution < -0.4 is 10.6 Å². The van der Waals surface area contributed by atoms with Crippen LogP contribution in [0.15, 0.2) is 16.8 Å². The number of carbonyl (C=O) groups excluding carboxylic acids is 1. The standard InChI is InChI=1S/C12H18N2OS/c1-8-5-13-6-11(8)12(15)14-9(2)10-3-4-16-7-10/h3-4,7-9,11,13H,5-6H2,1-2H3,(H,14,15). The first-order valence-electron chi connectivity index (χ1n) is 5.71. The van der Waals surface area contributed by atoms with E-state index in [-0.39, 0.29) is 17.9 Å². The molecular formula is C12H18N2OS. The van der Waals surface area contributed by atoms with Crippen molar-refractivity contribution in [2.75, 3.05) is 13.1 Å². The second-order valence-electron chi connectivity index (χ2n) is 4.53. The van der Waals surface area contributed by atoms with Crippen LogP contribution in [0.4, 0.5) is 0 Å². The lowest BCUT2D eigenvalue weighted by Crippen LogP contribution is -2.35. The fraction of sp³-hybridized carbons (Fsp3) is 0.583. The summed E-state index contributed by atoms with van der Waals surface area (Å²) in [7, 11) is 0. The number of amides is 1. The van der Waals surface area contributed by atoms with E-state index in [1.54, 1.807) is 11.3 Å². The summed E-state index contributed by atoms with van der Waals surface area (Å²) in [5.74, 6) is 0.743. The molecule has 3 unspecified atom stereocenters. The molecule has 2 heterocycles. The van der Waals surface area contributed by atoms with Gasteiger partial charge in [-0.15, -0.1) is 0 Å². The Labute approximate surface area is 100 Å². The second kappa shape index (κ2) is 4.97. The van der Waals surface area contributed by atoms with Crippen LogP contribution in [0.1, 0.15) is 25.5 Å². The van der Waals surface area contributed by atoms with E-state index in [9.17, 15) is 4.79 Å². The van der Waals surface area contributed by atoms with Gasteiger partial charge < -0.3 is 10.6 Å². The van der Waals surface area contributed by atoms with E-state index < -0.39 is 0 Å². The maximum atomic E-state index is 12.0. The van der Waals surface area contributed by atoms with Crippen molar-refractivity contribution in [2.45, 2.75) is 19.9 Å². The predicted molar refractivity (Wildman–Crippen MR) is 66.4 cm³/mol. The van der Waals surface area contributed by atoms with E-state index >= 15 is 0 Å². The van der Waals surface area contributed by atoms with E-state index in [0.29, 0.717) is 5.92 Å². The fourth-order valence-electron chi connectivity index (χ4n) is 2.09. The van der Waals surface area contributed by atoms with E-state index in [4.69, 9.17) is 0 Å². The summed E-state index contributed by atoms with van der Waals surface area (Å²) in [5, 5.41) is 10.5. The molecule has 3 atom stereocenters. The summed E-state index contributed by atoms with van der Waals surface area (Å²) in [6.45, 7) is 5.92. The number of thiophene rings is 1. The number of carbonyl (C=O) groups is 1. The van der Waals surface area contributed by atoms with Crippen molar-refractivity contribution in [3.63, 3.8) is 0 Å². The first-order chi connectivity index (χ1) is 7.68. The van der Waals surface area contributed by atoms with Gasteiger partial charge in [0, 0.05) is 6.54 Å². The molecule has 4 heteroatoms. The van der Waals surface area contributed by atoms with Crippen LogP contribution in [-0.4, -0.2) is 19.0 Å². The molecule has 1 aromatic rings. The molecule has 1 aliphatic heterocycles. The molecular weight excluding hydrogens is 220 g/mol. The molecule has 16 heavy (non-hydrogen) atoms. The lowest BCUT2D eigenvalue weighted by molar-refractivity contribution is -0.126. The fourth-order valence-corrected chi connectivity index (χ4v) is 2.84. The van der Waals surface area contributed by atoms with Crippen LogP contribution in [0.5, 0.6) is 0 Å². The third-order valence-corrected chi connectivity index (χ3v) is 3.96. The van der Waals surface area contributed by atoms with Crippen LogP contribution in [0.25, 0.3) is 0 Å². The van der Waals surface area contributed by atoms with Gasteiger partial charge in [-0.2, -0.15) is 11.3 Å². The summed E-state index contributed by atoms with van der Waals surface area (Å²) >= 11 is 1.66. The minimum Gasteiger partial charge on any atom is -0.349 e. The Hall–Kier alpha value is -0.870. The largest absolute Gasteiger partial charge is 0.349 e. The Morgan fingerprint density at radius 3 is 3.00 bits per heavy atom. The quantitative estimate of drug-likeness (QED) is 0.843. The van der Waals surface area contributed by atoms with Crippen molar-refractivity contribution in [1.82, 2.24) is 10.6 Å². The molecule has 1 fully saturated rings. The normalized spacial score (nSPS) is 26.6. The summed E-state index contributed by atoms with van der Waals surface area (Å²) in [5.41, 5.74) is 1.19. The number of hydrogen-bond acceptors (Lipinski definition) is 3. The van der Waals surface area contributed by atoms with Gasteiger partial charge in [-0.25, -0.2) is 0 Å². The maximum Gasteiger partial charge on any atom is 0.225 e. The van der Waals surface area contributed by atoms with Crippen LogP contribution in [-0.2, 0) is 4.79 Å². The van der Waals surface area contributed by atoms with Gasteiger partial charge in [-0.1, -0.05) is 6.92 Å². The van der Waals surface area contributed by atoms with Gasteiger partial charge in [0.25, 0.3) is 0 Å². The zero-order chi connectivity index (χ0) is 11.5. The topological polar surface area (TPSA) is 41.1 Å². The SMILES string of the molecule is CC(NC(=O)C1CNCC1C)c1ccsc1. The Kier molecular flexibility index (Phi) is 3.61. The molecule has 0 bridgehead atoms. The van der Waals surface area contributed by atoms with Crippen molar-refractivity contribution >= 4 is 17.2 Å². The molecule has 3 nitrogen and oxygen atoms in total. The Bertz CT molecular complexity index is 350. The average Bonchev–Trinajstić information content (AvgIpc) is 2.86. The molecule has 0 aromatic carbocycles. The van der Waals surface area contributed by atoms with Gasteiger partial charge in [-0.3, -0.25) is 4.79 Å². The van der Waals surface area contributed by atoms with Crippen molar-refractivity contribution < 1.29 is 4.79 Å². The average molecular weight is 238 g/mol. The van der Waals surface area contributed by atoms with Crippen LogP contribution in [0.3, 0.4) is 0 Å². The lowest BCUT2D eigenvalue weighted by Gasteiger charge is -2.18. The molecule has 0 saturated carbocycles. The summed E-state index contributed by atoms with van der Waals surface area (Å²) < 4.78 is 0. The molecule has 1 amide bonds. The first kappa shape index (κ1) is 11.6. The molecule has 1 aromatic heterocycles. The van der Waals surface area contributed by atoms with E-state index in [1.807, 2.05) is 12.3 Å². The number of nitrogens with one attached hydrogen (secondary N) is 2. The summed E-state index contributed by atoms with van der Waals surface area (Å²) in [4.78, 5) is 12.0. The highest BCUT2D eigenvalue weighted by Crippen LogP contribution is 2.19. The van der Waals surface area contributed by atoms with Crippen LogP contribution in [0.2, 0.25) is 0 Å². The van der Waals surface area contributed by atoms with Crippen LogP contribution >= 0.6 is 11.3 Å². The van der Waals surface area contributed by atoms with Gasteiger partial charge >= 0.3 is 0 Å². The van der Waals surface area contributed by atoms with Crippen molar-refractivity contribution in [3.05, 3.63) is 22.4 Å².